The Morgan fingerprint density at radius 1 is 1.16 bits per heavy atom. The van der Waals surface area contributed by atoms with E-state index in [-0.39, 0.29) is 5.91 Å². The Balaban J connectivity index is 2.04. The second-order valence-corrected chi connectivity index (χ2v) is 4.31. The predicted octanol–water partition coefficient (Wildman–Crippen LogP) is 1.21. The number of rotatable bonds is 4. The summed E-state index contributed by atoms with van der Waals surface area (Å²) in [6.07, 6.45) is 2.98. The zero-order chi connectivity index (χ0) is 13.7. The largest absolute Gasteiger partial charge is 0.337 e. The van der Waals surface area contributed by atoms with E-state index in [2.05, 4.69) is 10.2 Å². The normalized spacial score (nSPS) is 10.2. The van der Waals surface area contributed by atoms with Crippen LogP contribution in [0.3, 0.4) is 0 Å². The van der Waals surface area contributed by atoms with Gasteiger partial charge in [-0.15, -0.1) is 0 Å². The number of hydrogen-bond donors (Lipinski definition) is 1. The molecule has 0 atom stereocenters. The van der Waals surface area contributed by atoms with Crippen molar-refractivity contribution >= 4 is 5.91 Å². The lowest BCUT2D eigenvalue weighted by atomic mass is 10.1. The lowest BCUT2D eigenvalue weighted by Crippen LogP contribution is -2.26. The molecule has 2 N–H and O–H groups in total. The molecule has 19 heavy (non-hydrogen) atoms. The van der Waals surface area contributed by atoms with Gasteiger partial charge < -0.3 is 10.6 Å². The average molecular weight is 256 g/mol. The number of carbonyl (C=O) groups is 1. The van der Waals surface area contributed by atoms with Crippen molar-refractivity contribution in [1.29, 1.82) is 0 Å². The molecule has 0 aliphatic carbocycles. The van der Waals surface area contributed by atoms with Gasteiger partial charge in [0.15, 0.2) is 0 Å². The summed E-state index contributed by atoms with van der Waals surface area (Å²) in [5.41, 5.74) is 8.23. The fourth-order valence-electron chi connectivity index (χ4n) is 1.76. The first kappa shape index (κ1) is 13.2. The van der Waals surface area contributed by atoms with Crippen LogP contribution in [0.15, 0.2) is 42.7 Å². The van der Waals surface area contributed by atoms with E-state index >= 15 is 0 Å². The Hall–Kier alpha value is -2.27. The highest BCUT2D eigenvalue weighted by Gasteiger charge is 2.11. The molecule has 5 heteroatoms. The maximum Gasteiger partial charge on any atom is 0.255 e. The van der Waals surface area contributed by atoms with Crippen LogP contribution < -0.4 is 5.73 Å². The summed E-state index contributed by atoms with van der Waals surface area (Å²) in [4.78, 5) is 13.8. The molecule has 2 aromatic rings. The molecule has 0 fully saturated rings. The van der Waals surface area contributed by atoms with Crippen molar-refractivity contribution in [3.63, 3.8) is 0 Å². The van der Waals surface area contributed by atoms with Gasteiger partial charge in [0.05, 0.1) is 18.0 Å². The van der Waals surface area contributed by atoms with Crippen LogP contribution in [0.2, 0.25) is 0 Å². The van der Waals surface area contributed by atoms with E-state index < -0.39 is 0 Å². The number of nitrogens with two attached hydrogens (primary N) is 1. The Kier molecular flexibility index (Phi) is 4.20. The third kappa shape index (κ3) is 3.35. The third-order valence-corrected chi connectivity index (χ3v) is 2.86. The van der Waals surface area contributed by atoms with Crippen molar-refractivity contribution in [2.75, 3.05) is 7.05 Å². The minimum atomic E-state index is -0.0715. The van der Waals surface area contributed by atoms with Crippen molar-refractivity contribution < 1.29 is 4.79 Å². The van der Waals surface area contributed by atoms with Crippen molar-refractivity contribution in [1.82, 2.24) is 15.1 Å². The van der Waals surface area contributed by atoms with E-state index in [1.807, 2.05) is 24.3 Å². The van der Waals surface area contributed by atoms with E-state index in [4.69, 9.17) is 5.73 Å². The smallest absolute Gasteiger partial charge is 0.255 e. The molecule has 98 valence electrons. The quantitative estimate of drug-likeness (QED) is 0.892. The van der Waals surface area contributed by atoms with Gasteiger partial charge in [-0.3, -0.25) is 4.79 Å². The summed E-state index contributed by atoms with van der Waals surface area (Å²) in [6, 6.07) is 9.57. The highest BCUT2D eigenvalue weighted by molar-refractivity contribution is 5.93. The number of aromatic nitrogens is 2. The molecule has 2 rings (SSSR count). The molecular weight excluding hydrogens is 240 g/mol. The average Bonchev–Trinajstić information content (AvgIpc) is 2.48. The van der Waals surface area contributed by atoms with Crippen LogP contribution in [-0.4, -0.2) is 28.1 Å². The second-order valence-electron chi connectivity index (χ2n) is 4.31. The first-order valence-electron chi connectivity index (χ1n) is 6.00. The van der Waals surface area contributed by atoms with Crippen LogP contribution in [-0.2, 0) is 13.1 Å². The van der Waals surface area contributed by atoms with E-state index in [0.717, 1.165) is 11.1 Å². The maximum atomic E-state index is 12.1. The third-order valence-electron chi connectivity index (χ3n) is 2.86. The monoisotopic (exact) mass is 256 g/mol. The zero-order valence-electron chi connectivity index (χ0n) is 10.8. The molecular formula is C14H16N4O. The van der Waals surface area contributed by atoms with E-state index in [9.17, 15) is 4.79 Å². The minimum Gasteiger partial charge on any atom is -0.337 e. The molecule has 0 saturated carbocycles. The van der Waals surface area contributed by atoms with Gasteiger partial charge in [0.1, 0.15) is 0 Å². The van der Waals surface area contributed by atoms with Crippen LogP contribution in [0.4, 0.5) is 0 Å². The van der Waals surface area contributed by atoms with E-state index in [0.29, 0.717) is 18.7 Å². The van der Waals surface area contributed by atoms with Gasteiger partial charge in [0.2, 0.25) is 0 Å². The summed E-state index contributed by atoms with van der Waals surface area (Å²) in [5.74, 6) is -0.0715. The van der Waals surface area contributed by atoms with Crippen LogP contribution >= 0.6 is 0 Å². The number of hydrogen-bond acceptors (Lipinski definition) is 4. The Morgan fingerprint density at radius 2 is 1.84 bits per heavy atom. The van der Waals surface area contributed by atoms with Crippen molar-refractivity contribution in [2.45, 2.75) is 13.1 Å². The maximum absolute atomic E-state index is 12.1. The molecule has 1 aromatic carbocycles. The Labute approximate surface area is 112 Å². The highest BCUT2D eigenvalue weighted by atomic mass is 16.2. The SMILES string of the molecule is CN(Cc1ccc(CN)cc1)C(=O)c1ccnnc1. The van der Waals surface area contributed by atoms with Crippen LogP contribution in [0, 0.1) is 0 Å². The van der Waals surface area contributed by atoms with Gasteiger partial charge in [0, 0.05) is 20.1 Å². The fraction of sp³-hybridized carbons (Fsp3) is 0.214. The van der Waals surface area contributed by atoms with Gasteiger partial charge in [-0.05, 0) is 17.2 Å². The lowest BCUT2D eigenvalue weighted by Gasteiger charge is -2.17. The summed E-state index contributed by atoms with van der Waals surface area (Å²) < 4.78 is 0. The van der Waals surface area contributed by atoms with Crippen LogP contribution in [0.25, 0.3) is 0 Å². The van der Waals surface area contributed by atoms with Gasteiger partial charge in [-0.2, -0.15) is 10.2 Å². The molecule has 0 aliphatic rings. The Morgan fingerprint density at radius 3 is 2.42 bits per heavy atom. The Bertz CT molecular complexity index is 539. The number of benzene rings is 1. The van der Waals surface area contributed by atoms with Crippen molar-refractivity contribution in [3.05, 3.63) is 59.4 Å². The van der Waals surface area contributed by atoms with Gasteiger partial charge in [0.25, 0.3) is 5.91 Å². The first-order valence-corrected chi connectivity index (χ1v) is 6.00. The topological polar surface area (TPSA) is 72.1 Å². The summed E-state index contributed by atoms with van der Waals surface area (Å²) in [5, 5.41) is 7.36. The van der Waals surface area contributed by atoms with Gasteiger partial charge in [-0.25, -0.2) is 0 Å². The zero-order valence-corrected chi connectivity index (χ0v) is 10.8. The molecule has 1 amide bonds. The van der Waals surface area contributed by atoms with Crippen LogP contribution in [0.1, 0.15) is 21.5 Å². The molecule has 0 spiro atoms. The summed E-state index contributed by atoms with van der Waals surface area (Å²) in [6.45, 7) is 1.07. The van der Waals surface area contributed by atoms with Gasteiger partial charge >= 0.3 is 0 Å². The number of carbonyl (C=O) groups excluding carboxylic acids is 1. The lowest BCUT2D eigenvalue weighted by molar-refractivity contribution is 0.0784. The van der Waals surface area contributed by atoms with E-state index in [1.165, 1.54) is 12.4 Å². The highest BCUT2D eigenvalue weighted by Crippen LogP contribution is 2.09. The van der Waals surface area contributed by atoms with Crippen LogP contribution in [0.5, 0.6) is 0 Å². The molecule has 0 aliphatic heterocycles. The number of nitrogens with zero attached hydrogens (tertiary/aromatic N) is 3. The molecule has 1 aromatic heterocycles. The van der Waals surface area contributed by atoms with Gasteiger partial charge in [-0.1, -0.05) is 24.3 Å². The molecule has 0 radical (unpaired) electrons. The summed E-state index contributed by atoms with van der Waals surface area (Å²) in [7, 11) is 1.76. The molecule has 1 heterocycles. The number of amides is 1. The standard InChI is InChI=1S/C14H16N4O/c1-18(14(19)13-6-7-16-17-9-13)10-12-4-2-11(8-15)3-5-12/h2-7,9H,8,10,15H2,1H3. The molecule has 0 bridgehead atoms. The summed E-state index contributed by atoms with van der Waals surface area (Å²) >= 11 is 0. The minimum absolute atomic E-state index is 0.0715. The second kappa shape index (κ2) is 6.06. The molecule has 0 saturated heterocycles. The predicted molar refractivity (Wildman–Crippen MR) is 72.2 cm³/mol. The molecule has 0 unspecified atom stereocenters. The van der Waals surface area contributed by atoms with Crippen molar-refractivity contribution in [3.8, 4) is 0 Å². The molecule has 5 nitrogen and oxygen atoms in total. The fourth-order valence-corrected chi connectivity index (χ4v) is 1.76. The van der Waals surface area contributed by atoms with E-state index in [1.54, 1.807) is 18.0 Å². The first-order chi connectivity index (χ1) is 9.20. The van der Waals surface area contributed by atoms with Crippen molar-refractivity contribution in [2.24, 2.45) is 5.73 Å².